The van der Waals surface area contributed by atoms with Crippen LogP contribution in [0.3, 0.4) is 0 Å². The first-order chi connectivity index (χ1) is 3.77. The van der Waals surface area contributed by atoms with Gasteiger partial charge in [-0.25, -0.2) is 0 Å². The first-order valence-corrected chi connectivity index (χ1v) is 8.19. The average molecular weight is 191 g/mol. The third-order valence-electron chi connectivity index (χ3n) is 0.950. The summed E-state index contributed by atoms with van der Waals surface area (Å²) in [6.45, 7) is 0. The molecule has 0 heterocycles. The fourth-order valence-corrected chi connectivity index (χ4v) is 2.36. The first kappa shape index (κ1) is 8.83. The zero-order valence-corrected chi connectivity index (χ0v) is 8.53. The summed E-state index contributed by atoms with van der Waals surface area (Å²) in [6, 6.07) is 0. The van der Waals surface area contributed by atoms with Crippen LogP contribution in [0.1, 0.15) is 12.8 Å². The van der Waals surface area contributed by atoms with Gasteiger partial charge in [-0.05, 0) is 0 Å². The Morgan fingerprint density at radius 3 is 2.25 bits per heavy atom. The van der Waals surface area contributed by atoms with E-state index in [4.69, 9.17) is 19.5 Å². The van der Waals surface area contributed by atoms with Crippen LogP contribution in [0.2, 0.25) is 5.02 Å². The summed E-state index contributed by atoms with van der Waals surface area (Å²) in [7, 11) is 0. The van der Waals surface area contributed by atoms with E-state index in [-0.39, 0.29) is 0 Å². The number of rotatable bonds is 4. The molecule has 0 aliphatic rings. The quantitative estimate of drug-likeness (QED) is 0.393. The van der Waals surface area contributed by atoms with Crippen molar-refractivity contribution in [2.75, 3.05) is 5.88 Å². The van der Waals surface area contributed by atoms with E-state index >= 15 is 0 Å². The van der Waals surface area contributed by atoms with Gasteiger partial charge in [0.1, 0.15) is 0 Å². The van der Waals surface area contributed by atoms with E-state index in [1.165, 1.54) is 0 Å². The van der Waals surface area contributed by atoms with Crippen LogP contribution in [0.5, 0.6) is 0 Å². The van der Waals surface area contributed by atoms with Crippen molar-refractivity contribution in [3.8, 4) is 0 Å². The minimum absolute atomic E-state index is 0.637. The van der Waals surface area contributed by atoms with E-state index < -0.39 is 16.7 Å². The van der Waals surface area contributed by atoms with Gasteiger partial charge in [-0.15, -0.1) is 0 Å². The predicted octanol–water partition coefficient (Wildman–Crippen LogP) is 0.857. The van der Waals surface area contributed by atoms with Crippen molar-refractivity contribution in [3.05, 3.63) is 0 Å². The van der Waals surface area contributed by atoms with E-state index in [0.717, 1.165) is 12.8 Å². The van der Waals surface area contributed by atoms with Crippen molar-refractivity contribution in [2.24, 2.45) is 0 Å². The standard InChI is InChI=1S/C4H8Cl.2H2O.Zn/c1-2-3-4-5;;;/h1-4H2;2*1H2;/q;;;+2/p-2. The number of hydrogen-bond donors (Lipinski definition) is 2. The van der Waals surface area contributed by atoms with Gasteiger partial charge in [0.25, 0.3) is 0 Å². The molecule has 0 aliphatic carbocycles. The molecule has 0 rings (SSSR count). The molecule has 0 aromatic rings. The average Bonchev–Trinajstić information content (AvgIpc) is 1.66. The summed E-state index contributed by atoms with van der Waals surface area (Å²) in [5, 5.41) is 0.646. The van der Waals surface area contributed by atoms with Crippen LogP contribution in [0, 0.1) is 0 Å². The third kappa shape index (κ3) is 6.83. The topological polar surface area (TPSA) is 40.5 Å². The maximum absolute atomic E-state index is 8.50. The molecule has 0 amide bonds. The summed E-state index contributed by atoms with van der Waals surface area (Å²) in [5.74, 6) is 0.637. The molecule has 8 heavy (non-hydrogen) atoms. The fraction of sp³-hybridized carbons (Fsp3) is 1.00. The zero-order valence-electron chi connectivity index (χ0n) is 4.81. The van der Waals surface area contributed by atoms with Gasteiger partial charge < -0.3 is 0 Å². The van der Waals surface area contributed by atoms with Crippen LogP contribution in [0.25, 0.3) is 0 Å². The monoisotopic (exact) mass is 189 g/mol. The molecular weight excluding hydrogens is 181 g/mol. The molecule has 2 N–H and O–H groups in total. The number of hydrogen-bond acceptors (Lipinski definition) is 2. The van der Waals surface area contributed by atoms with Crippen molar-refractivity contribution in [3.63, 3.8) is 0 Å². The summed E-state index contributed by atoms with van der Waals surface area (Å²) >= 11 is 2.53. The summed E-state index contributed by atoms with van der Waals surface area (Å²) < 4.78 is 17.0. The number of alkyl halides is 1. The Labute approximate surface area is 60.2 Å². The molecule has 0 atom stereocenters. The molecule has 0 radical (unpaired) electrons. The van der Waals surface area contributed by atoms with Crippen LogP contribution >= 0.6 is 11.6 Å². The second-order valence-corrected chi connectivity index (χ2v) is 6.17. The molecule has 47 valence electrons. The Kier molecular flexibility index (Phi) is 6.58. The Bertz CT molecular complexity index is 51.3. The molecule has 0 saturated carbocycles. The number of unbranched alkanes of at least 4 members (excludes halogenated alkanes) is 1. The fourth-order valence-electron chi connectivity index (χ4n) is 0.495. The van der Waals surface area contributed by atoms with Gasteiger partial charge in [-0.3, -0.25) is 0 Å². The summed E-state index contributed by atoms with van der Waals surface area (Å²) in [5.41, 5.74) is 0. The molecule has 0 spiro atoms. The molecule has 2 nitrogen and oxygen atoms in total. The minimum atomic E-state index is -2.81. The Balaban J connectivity index is 2.72. The molecule has 0 fully saturated rings. The van der Waals surface area contributed by atoms with Crippen molar-refractivity contribution >= 4 is 11.6 Å². The molecule has 4 heteroatoms. The van der Waals surface area contributed by atoms with Crippen LogP contribution in [0.4, 0.5) is 0 Å². The molecule has 0 unspecified atom stereocenters. The van der Waals surface area contributed by atoms with E-state index in [2.05, 4.69) is 0 Å². The van der Waals surface area contributed by atoms with Crippen LogP contribution in [-0.4, -0.2) is 13.7 Å². The van der Waals surface area contributed by atoms with E-state index in [0.29, 0.717) is 10.9 Å². The first-order valence-electron chi connectivity index (χ1n) is 2.90. The van der Waals surface area contributed by atoms with Gasteiger partial charge in [0, 0.05) is 0 Å². The van der Waals surface area contributed by atoms with Gasteiger partial charge in [0.05, 0.1) is 0 Å². The van der Waals surface area contributed by atoms with Crippen molar-refractivity contribution in [2.45, 2.75) is 17.9 Å². The van der Waals surface area contributed by atoms with Crippen molar-refractivity contribution < 1.29 is 24.5 Å². The van der Waals surface area contributed by atoms with Crippen LogP contribution in [0.15, 0.2) is 0 Å². The molecule has 0 aliphatic heterocycles. The number of halogens is 1. The second kappa shape index (κ2) is 5.96. The molecule has 0 aromatic heterocycles. The van der Waals surface area contributed by atoms with Gasteiger partial charge in [0.15, 0.2) is 0 Å². The van der Waals surface area contributed by atoms with E-state index in [1.807, 2.05) is 0 Å². The summed E-state index contributed by atoms with van der Waals surface area (Å²) in [4.78, 5) is 0. The van der Waals surface area contributed by atoms with Crippen molar-refractivity contribution in [1.29, 1.82) is 0 Å². The molecule has 0 bridgehead atoms. The van der Waals surface area contributed by atoms with Crippen molar-refractivity contribution in [1.82, 2.24) is 0 Å². The van der Waals surface area contributed by atoms with Gasteiger partial charge >= 0.3 is 59.9 Å². The predicted molar refractivity (Wildman–Crippen MR) is 29.2 cm³/mol. The van der Waals surface area contributed by atoms with Gasteiger partial charge in [0.2, 0.25) is 0 Å². The SMILES string of the molecule is [OH][Zn]([OH])[CH2]CCCCl. The summed E-state index contributed by atoms with van der Waals surface area (Å²) in [6.07, 6.45) is 1.80. The molecule has 0 saturated heterocycles. The zero-order chi connectivity index (χ0) is 6.41. The Morgan fingerprint density at radius 2 is 1.88 bits per heavy atom. The third-order valence-corrected chi connectivity index (χ3v) is 3.59. The van der Waals surface area contributed by atoms with Gasteiger partial charge in [-0.1, -0.05) is 0 Å². The van der Waals surface area contributed by atoms with Gasteiger partial charge in [-0.2, -0.15) is 0 Å². The Morgan fingerprint density at radius 1 is 1.25 bits per heavy atom. The van der Waals surface area contributed by atoms with E-state index in [1.54, 1.807) is 0 Å². The normalized spacial score (nSPS) is 9.38. The molecule has 0 aromatic carbocycles. The molecular formula is C4H10ClO2Zn. The maximum atomic E-state index is 8.50. The van der Waals surface area contributed by atoms with Crippen LogP contribution in [-0.2, 0) is 16.7 Å². The second-order valence-electron chi connectivity index (χ2n) is 1.84. The Hall–Kier alpha value is 0.833. The van der Waals surface area contributed by atoms with E-state index in [9.17, 15) is 0 Å². The van der Waals surface area contributed by atoms with Crippen LogP contribution < -0.4 is 0 Å².